The van der Waals surface area contributed by atoms with Crippen LogP contribution in [0.2, 0.25) is 0 Å². The van der Waals surface area contributed by atoms with Gasteiger partial charge in [0.15, 0.2) is 5.16 Å². The molecule has 1 aromatic carbocycles. The number of piperazine rings is 1. The van der Waals surface area contributed by atoms with E-state index in [9.17, 15) is 18.5 Å². The van der Waals surface area contributed by atoms with E-state index >= 15 is 0 Å². The van der Waals surface area contributed by atoms with Crippen molar-refractivity contribution in [3.8, 4) is 0 Å². The molecule has 0 amide bonds. The third kappa shape index (κ3) is 3.75. The van der Waals surface area contributed by atoms with E-state index in [4.69, 9.17) is 0 Å². The van der Waals surface area contributed by atoms with Crippen LogP contribution in [-0.4, -0.2) is 65.3 Å². The Hall–Kier alpha value is -1.95. The second-order valence-electron chi connectivity index (χ2n) is 6.02. The summed E-state index contributed by atoms with van der Waals surface area (Å²) in [6, 6.07) is 4.03. The summed E-state index contributed by atoms with van der Waals surface area (Å²) in [4.78, 5) is 17.4. The van der Waals surface area contributed by atoms with Crippen molar-refractivity contribution < 1.29 is 13.3 Å². The third-order valence-electron chi connectivity index (χ3n) is 4.21. The molecule has 26 heavy (non-hydrogen) atoms. The van der Waals surface area contributed by atoms with Gasteiger partial charge in [-0.1, -0.05) is 0 Å². The first-order valence-corrected chi connectivity index (χ1v) is 10.2. The maximum atomic E-state index is 12.8. The number of nitrogens with zero attached hydrogens (tertiary/aromatic N) is 5. The highest BCUT2D eigenvalue weighted by atomic mass is 32.2. The molecule has 0 spiro atoms. The van der Waals surface area contributed by atoms with Crippen molar-refractivity contribution >= 4 is 27.5 Å². The van der Waals surface area contributed by atoms with Gasteiger partial charge in [-0.3, -0.25) is 10.1 Å². The van der Waals surface area contributed by atoms with Gasteiger partial charge in [0, 0.05) is 51.7 Å². The third-order valence-corrected chi connectivity index (χ3v) is 7.24. The first kappa shape index (κ1) is 18.8. The Labute approximate surface area is 155 Å². The van der Waals surface area contributed by atoms with Gasteiger partial charge in [-0.15, -0.1) is 0 Å². The summed E-state index contributed by atoms with van der Waals surface area (Å²) in [6.07, 6.45) is 3.33. The second-order valence-corrected chi connectivity index (χ2v) is 8.96. The van der Waals surface area contributed by atoms with Gasteiger partial charge in [0.2, 0.25) is 10.0 Å². The van der Waals surface area contributed by atoms with Crippen molar-refractivity contribution in [2.24, 2.45) is 7.05 Å². The second kappa shape index (κ2) is 7.35. The average molecular weight is 397 g/mol. The minimum Gasteiger partial charge on any atom is -0.329 e. The Morgan fingerprint density at radius 1 is 1.19 bits per heavy atom. The summed E-state index contributed by atoms with van der Waals surface area (Å²) in [5.41, 5.74) is -0.242. The zero-order valence-electron chi connectivity index (χ0n) is 14.4. The predicted octanol–water partition coefficient (Wildman–Crippen LogP) is 1.42. The molecule has 0 atom stereocenters. The maximum Gasteiger partial charge on any atom is 0.284 e. The van der Waals surface area contributed by atoms with Gasteiger partial charge in [-0.05, 0) is 30.9 Å². The molecule has 9 nitrogen and oxygen atoms in total. The molecule has 0 bridgehead atoms. The first-order valence-electron chi connectivity index (χ1n) is 7.91. The van der Waals surface area contributed by atoms with E-state index in [1.807, 2.05) is 11.9 Å². The monoisotopic (exact) mass is 397 g/mol. The molecule has 2 aromatic rings. The van der Waals surface area contributed by atoms with Crippen LogP contribution in [-0.2, 0) is 17.1 Å². The molecule has 11 heteroatoms. The Morgan fingerprint density at radius 3 is 2.46 bits per heavy atom. The molecule has 2 heterocycles. The number of aromatic nitrogens is 2. The zero-order chi connectivity index (χ0) is 18.9. The predicted molar refractivity (Wildman–Crippen MR) is 96.7 cm³/mol. The Kier molecular flexibility index (Phi) is 5.32. The number of aryl methyl sites for hydroxylation is 1. The van der Waals surface area contributed by atoms with Crippen molar-refractivity contribution in [2.75, 3.05) is 33.2 Å². The lowest BCUT2D eigenvalue weighted by Gasteiger charge is -2.31. The fourth-order valence-corrected chi connectivity index (χ4v) is 4.94. The summed E-state index contributed by atoms with van der Waals surface area (Å²) < 4.78 is 28.7. The van der Waals surface area contributed by atoms with Crippen molar-refractivity contribution in [1.29, 1.82) is 0 Å². The highest BCUT2D eigenvalue weighted by molar-refractivity contribution is 7.99. The number of hydrogen-bond acceptors (Lipinski definition) is 7. The van der Waals surface area contributed by atoms with Crippen molar-refractivity contribution in [3.05, 3.63) is 40.7 Å². The normalized spacial score (nSPS) is 16.7. The highest BCUT2D eigenvalue weighted by Gasteiger charge is 2.30. The molecule has 1 aliphatic heterocycles. The van der Waals surface area contributed by atoms with Gasteiger partial charge in [-0.25, -0.2) is 13.4 Å². The highest BCUT2D eigenvalue weighted by Crippen LogP contribution is 2.35. The average Bonchev–Trinajstić information content (AvgIpc) is 3.00. The van der Waals surface area contributed by atoms with Gasteiger partial charge in [0.05, 0.1) is 14.7 Å². The topological polar surface area (TPSA) is 102 Å². The quantitative estimate of drug-likeness (QED) is 0.555. The standard InChI is InChI=1S/C15H19N5O4S2/c1-17-7-9-19(10-8-17)26(23,24)12-3-4-14(13(11-12)20(21)22)25-15-16-5-6-18(15)2/h3-6,11H,7-10H2,1-2H3. The van der Waals surface area contributed by atoms with Gasteiger partial charge >= 0.3 is 0 Å². The summed E-state index contributed by atoms with van der Waals surface area (Å²) in [7, 11) is -0.0422. The molecular formula is C15H19N5O4S2. The number of nitro groups is 1. The molecule has 3 rings (SSSR count). The van der Waals surface area contributed by atoms with Crippen LogP contribution in [0.3, 0.4) is 0 Å². The largest absolute Gasteiger partial charge is 0.329 e. The Bertz CT molecular complexity index is 920. The van der Waals surface area contributed by atoms with Crippen LogP contribution in [0.15, 0.2) is 45.5 Å². The molecule has 140 valence electrons. The van der Waals surface area contributed by atoms with E-state index in [0.717, 1.165) is 17.8 Å². The number of likely N-dealkylation sites (N-methyl/N-ethyl adjacent to an activating group) is 1. The minimum absolute atomic E-state index is 0.0575. The Morgan fingerprint density at radius 2 is 1.88 bits per heavy atom. The van der Waals surface area contributed by atoms with Gasteiger partial charge in [0.1, 0.15) is 0 Å². The van der Waals surface area contributed by atoms with E-state index < -0.39 is 14.9 Å². The number of benzene rings is 1. The van der Waals surface area contributed by atoms with Crippen LogP contribution in [0.1, 0.15) is 0 Å². The van der Waals surface area contributed by atoms with Crippen molar-refractivity contribution in [1.82, 2.24) is 18.8 Å². The molecular weight excluding hydrogens is 378 g/mol. The first-order chi connectivity index (χ1) is 12.3. The smallest absolute Gasteiger partial charge is 0.284 e. The number of nitro benzene ring substituents is 1. The van der Waals surface area contributed by atoms with Gasteiger partial charge in [0.25, 0.3) is 5.69 Å². The lowest BCUT2D eigenvalue weighted by Crippen LogP contribution is -2.47. The minimum atomic E-state index is -3.76. The molecule has 0 aliphatic carbocycles. The molecule has 0 N–H and O–H groups in total. The molecule has 0 radical (unpaired) electrons. The molecule has 1 aromatic heterocycles. The number of rotatable bonds is 5. The van der Waals surface area contributed by atoms with Crippen LogP contribution >= 0.6 is 11.8 Å². The molecule has 1 fully saturated rings. The summed E-state index contributed by atoms with van der Waals surface area (Å²) in [6.45, 7) is 2.01. The van der Waals surface area contributed by atoms with Crippen LogP contribution in [0, 0.1) is 10.1 Å². The van der Waals surface area contributed by atoms with Gasteiger partial charge < -0.3 is 9.47 Å². The number of sulfonamides is 1. The lowest BCUT2D eigenvalue weighted by atomic mass is 10.3. The molecule has 1 saturated heterocycles. The Balaban J connectivity index is 1.93. The van der Waals surface area contributed by atoms with Crippen molar-refractivity contribution in [2.45, 2.75) is 14.9 Å². The molecule has 0 unspecified atom stereocenters. The zero-order valence-corrected chi connectivity index (χ0v) is 16.0. The van der Waals surface area contributed by atoms with E-state index in [2.05, 4.69) is 4.98 Å². The fourth-order valence-electron chi connectivity index (χ4n) is 2.61. The molecule has 0 saturated carbocycles. The van der Waals surface area contributed by atoms with Crippen LogP contribution in [0.4, 0.5) is 5.69 Å². The number of imidazole rings is 1. The van der Waals surface area contributed by atoms with E-state index in [1.54, 1.807) is 24.0 Å². The summed E-state index contributed by atoms with van der Waals surface area (Å²) in [5.74, 6) is 0. The van der Waals surface area contributed by atoms with Gasteiger partial charge in [-0.2, -0.15) is 4.31 Å². The summed E-state index contributed by atoms with van der Waals surface area (Å²) in [5, 5.41) is 12.1. The van der Waals surface area contributed by atoms with Crippen molar-refractivity contribution in [3.63, 3.8) is 0 Å². The van der Waals surface area contributed by atoms with Crippen LogP contribution < -0.4 is 0 Å². The van der Waals surface area contributed by atoms with E-state index in [1.165, 1.54) is 16.4 Å². The molecule has 1 aliphatic rings. The van der Waals surface area contributed by atoms with Crippen LogP contribution in [0.25, 0.3) is 0 Å². The lowest BCUT2D eigenvalue weighted by molar-refractivity contribution is -0.388. The SMILES string of the molecule is CN1CCN(S(=O)(=O)c2ccc(Sc3nccn3C)c([N+](=O)[O-])c2)CC1. The summed E-state index contributed by atoms with van der Waals surface area (Å²) >= 11 is 1.13. The maximum absolute atomic E-state index is 12.8. The van der Waals surface area contributed by atoms with E-state index in [0.29, 0.717) is 36.2 Å². The van der Waals surface area contributed by atoms with Crippen LogP contribution in [0.5, 0.6) is 0 Å². The number of hydrogen-bond donors (Lipinski definition) is 0. The fraction of sp³-hybridized carbons (Fsp3) is 0.400. The van der Waals surface area contributed by atoms with E-state index in [-0.39, 0.29) is 10.6 Å².